The summed E-state index contributed by atoms with van der Waals surface area (Å²) in [6.45, 7) is 0. The van der Waals surface area contributed by atoms with Crippen LogP contribution in [0.2, 0.25) is 0 Å². The molecule has 0 heterocycles. The summed E-state index contributed by atoms with van der Waals surface area (Å²) in [7, 11) is 0. The lowest BCUT2D eigenvalue weighted by Crippen LogP contribution is -2.28. The third-order valence-electron chi connectivity index (χ3n) is 0.462. The van der Waals surface area contributed by atoms with Gasteiger partial charge >= 0.3 is 12.2 Å². The van der Waals surface area contributed by atoms with Gasteiger partial charge in [0.1, 0.15) is 0 Å². The van der Waals surface area contributed by atoms with Crippen LogP contribution in [0.4, 0.5) is 9.59 Å². The van der Waals surface area contributed by atoms with Crippen LogP contribution in [-0.2, 0) is 0 Å². The molecule has 0 saturated carbocycles. The lowest BCUT2D eigenvalue weighted by Gasteiger charge is -2.00. The summed E-state index contributed by atoms with van der Waals surface area (Å²) in [5.41, 5.74) is 6.01. The Morgan fingerprint density at radius 2 is 1.67 bits per heavy atom. The number of amides is 2. The molecule has 0 radical (unpaired) electrons. The first-order chi connectivity index (χ1) is 4.09. The number of imide groups is 1. The summed E-state index contributed by atoms with van der Waals surface area (Å²) < 4.78 is 0. The van der Waals surface area contributed by atoms with Crippen LogP contribution in [0.25, 0.3) is 0 Å². The Labute approximate surface area is 49.0 Å². The van der Waals surface area contributed by atoms with E-state index in [-0.39, 0.29) is 0 Å². The minimum atomic E-state index is -1.79. The van der Waals surface area contributed by atoms with E-state index in [9.17, 15) is 9.59 Å². The fourth-order valence-corrected chi connectivity index (χ4v) is 0.167. The molecule has 0 aliphatic rings. The first kappa shape index (κ1) is 7.34. The smallest absolute Gasteiger partial charge is 0.439 e. The van der Waals surface area contributed by atoms with Crippen LogP contribution < -0.4 is 0 Å². The molecular formula is C2H3N3O4. The standard InChI is InChI=1S/C2H3N3O4/c3-4-5(1(6)7)2(8)9/h3H,(H,6,7)(H,8,9). The van der Waals surface area contributed by atoms with E-state index in [2.05, 4.69) is 5.22 Å². The molecule has 0 aromatic carbocycles. The van der Waals surface area contributed by atoms with Gasteiger partial charge in [-0.05, 0) is 0 Å². The molecule has 3 N–H and O–H groups in total. The molecule has 2 amide bonds. The molecule has 7 heteroatoms. The topological polar surface area (TPSA) is 114 Å². The van der Waals surface area contributed by atoms with Crippen LogP contribution in [0.3, 0.4) is 0 Å². The first-order valence-electron chi connectivity index (χ1n) is 1.73. The quantitative estimate of drug-likeness (QED) is 0.358. The highest BCUT2D eigenvalue weighted by molar-refractivity contribution is 5.84. The zero-order valence-corrected chi connectivity index (χ0v) is 4.11. The summed E-state index contributed by atoms with van der Waals surface area (Å²) >= 11 is 0. The fraction of sp³-hybridized carbons (Fsp3) is 0. The van der Waals surface area contributed by atoms with Crippen molar-refractivity contribution in [3.8, 4) is 0 Å². The van der Waals surface area contributed by atoms with Crippen molar-refractivity contribution in [3.05, 3.63) is 0 Å². The van der Waals surface area contributed by atoms with E-state index >= 15 is 0 Å². The van der Waals surface area contributed by atoms with Gasteiger partial charge in [-0.1, -0.05) is 10.2 Å². The van der Waals surface area contributed by atoms with E-state index in [0.717, 1.165) is 0 Å². The lowest BCUT2D eigenvalue weighted by molar-refractivity contribution is 0.120. The number of nitrogens with zero attached hydrogens (tertiary/aromatic N) is 2. The first-order valence-corrected chi connectivity index (χ1v) is 1.73. The van der Waals surface area contributed by atoms with Crippen molar-refractivity contribution in [2.45, 2.75) is 0 Å². The number of hydrogen-bond acceptors (Lipinski definition) is 4. The molecule has 0 aromatic rings. The highest BCUT2D eigenvalue weighted by Gasteiger charge is 2.17. The zero-order valence-electron chi connectivity index (χ0n) is 4.11. The summed E-state index contributed by atoms with van der Waals surface area (Å²) in [6, 6.07) is 0. The fourth-order valence-electron chi connectivity index (χ4n) is 0.167. The molecule has 0 aliphatic heterocycles. The minimum Gasteiger partial charge on any atom is -0.463 e. The maximum Gasteiger partial charge on any atom is 0.439 e. The van der Waals surface area contributed by atoms with Gasteiger partial charge in [0.05, 0.1) is 0 Å². The monoisotopic (exact) mass is 133 g/mol. The largest absolute Gasteiger partial charge is 0.463 e. The van der Waals surface area contributed by atoms with Gasteiger partial charge in [-0.2, -0.15) is 5.53 Å². The number of rotatable bonds is 1. The van der Waals surface area contributed by atoms with Gasteiger partial charge in [-0.3, -0.25) is 0 Å². The maximum atomic E-state index is 9.70. The van der Waals surface area contributed by atoms with Gasteiger partial charge in [0, 0.05) is 0 Å². The number of carbonyl (C=O) groups is 2. The van der Waals surface area contributed by atoms with Gasteiger partial charge in [0.15, 0.2) is 0 Å². The molecule has 0 atom stereocenters. The van der Waals surface area contributed by atoms with Crippen LogP contribution >= 0.6 is 0 Å². The molecule has 0 fully saturated rings. The Morgan fingerprint density at radius 1 is 1.33 bits per heavy atom. The van der Waals surface area contributed by atoms with E-state index in [1.807, 2.05) is 0 Å². The van der Waals surface area contributed by atoms with Gasteiger partial charge in [0.2, 0.25) is 0 Å². The molecule has 9 heavy (non-hydrogen) atoms. The molecule has 0 aliphatic carbocycles. The van der Waals surface area contributed by atoms with Crippen molar-refractivity contribution in [3.63, 3.8) is 0 Å². The van der Waals surface area contributed by atoms with Crippen molar-refractivity contribution in [1.82, 2.24) is 5.01 Å². The van der Waals surface area contributed by atoms with Gasteiger partial charge in [0.25, 0.3) is 0 Å². The molecule has 0 saturated heterocycles. The van der Waals surface area contributed by atoms with Crippen molar-refractivity contribution < 1.29 is 19.8 Å². The Balaban J connectivity index is 4.16. The van der Waals surface area contributed by atoms with Crippen molar-refractivity contribution in [2.75, 3.05) is 0 Å². The number of carboxylic acid groups (broad SMARTS) is 2. The van der Waals surface area contributed by atoms with E-state index in [4.69, 9.17) is 15.7 Å². The predicted molar refractivity (Wildman–Crippen MR) is 23.0 cm³/mol. The lowest BCUT2D eigenvalue weighted by atomic mass is 11.0. The van der Waals surface area contributed by atoms with Crippen LogP contribution in [0.5, 0.6) is 0 Å². The minimum absolute atomic E-state index is 0.417. The summed E-state index contributed by atoms with van der Waals surface area (Å²) in [4.78, 5) is 19.4. The van der Waals surface area contributed by atoms with Gasteiger partial charge in [-0.25, -0.2) is 9.59 Å². The summed E-state index contributed by atoms with van der Waals surface area (Å²) in [5, 5.41) is 17.5. The third kappa shape index (κ3) is 1.72. The molecule has 0 aromatic heterocycles. The molecule has 7 nitrogen and oxygen atoms in total. The highest BCUT2D eigenvalue weighted by atomic mass is 16.4. The van der Waals surface area contributed by atoms with Crippen LogP contribution in [-0.4, -0.2) is 27.4 Å². The SMILES string of the molecule is N=NN(C(=O)O)C(=O)O. The third-order valence-corrected chi connectivity index (χ3v) is 0.462. The Kier molecular flexibility index (Phi) is 2.12. The normalized spacial score (nSPS) is 8.00. The molecular weight excluding hydrogens is 130 g/mol. The zero-order chi connectivity index (χ0) is 7.44. The van der Waals surface area contributed by atoms with Crippen LogP contribution in [0, 0.1) is 5.53 Å². The molecule has 0 spiro atoms. The second kappa shape index (κ2) is 2.60. The maximum absolute atomic E-state index is 9.70. The van der Waals surface area contributed by atoms with Crippen LogP contribution in [0.15, 0.2) is 5.22 Å². The van der Waals surface area contributed by atoms with Crippen LogP contribution in [0.1, 0.15) is 0 Å². The molecule has 0 bridgehead atoms. The average Bonchev–Trinajstić information content (AvgIpc) is 1.64. The Morgan fingerprint density at radius 3 is 1.67 bits per heavy atom. The van der Waals surface area contributed by atoms with Crippen molar-refractivity contribution >= 4 is 12.2 Å². The highest BCUT2D eigenvalue weighted by Crippen LogP contribution is 1.88. The van der Waals surface area contributed by atoms with E-state index in [1.54, 1.807) is 0 Å². The molecule has 50 valence electrons. The second-order valence-electron chi connectivity index (χ2n) is 0.977. The van der Waals surface area contributed by atoms with E-state index in [1.165, 1.54) is 0 Å². The van der Waals surface area contributed by atoms with Gasteiger partial charge in [-0.15, -0.1) is 0 Å². The summed E-state index contributed by atoms with van der Waals surface area (Å²) in [5.74, 6) is 0. The van der Waals surface area contributed by atoms with Crippen molar-refractivity contribution in [2.24, 2.45) is 5.22 Å². The molecule has 0 rings (SSSR count). The number of nitrogens with one attached hydrogen (secondary N) is 1. The number of hydrogen-bond donors (Lipinski definition) is 3. The Bertz CT molecular complexity index is 140. The molecule has 0 unspecified atom stereocenters. The van der Waals surface area contributed by atoms with E-state index < -0.39 is 17.2 Å². The Hall–Kier alpha value is -1.66. The van der Waals surface area contributed by atoms with Gasteiger partial charge < -0.3 is 10.2 Å². The summed E-state index contributed by atoms with van der Waals surface area (Å²) in [6.07, 6.45) is -3.59. The predicted octanol–water partition coefficient (Wildman–Crippen LogP) is 0.590. The van der Waals surface area contributed by atoms with E-state index in [0.29, 0.717) is 0 Å². The second-order valence-corrected chi connectivity index (χ2v) is 0.977. The average molecular weight is 133 g/mol. The van der Waals surface area contributed by atoms with Crippen molar-refractivity contribution in [1.29, 1.82) is 5.53 Å².